The molecule has 0 saturated carbocycles. The van der Waals surface area contributed by atoms with Gasteiger partial charge in [0.25, 0.3) is 0 Å². The minimum Gasteiger partial charge on any atom is -0.348 e. The summed E-state index contributed by atoms with van der Waals surface area (Å²) in [4.78, 5) is 4.82. The maximum absolute atomic E-state index is 4.82. The van der Waals surface area contributed by atoms with Gasteiger partial charge in [0.05, 0.1) is 17.9 Å². The van der Waals surface area contributed by atoms with Crippen molar-refractivity contribution in [3.63, 3.8) is 0 Å². The lowest BCUT2D eigenvalue weighted by atomic mass is 10.00. The number of rotatable bonds is 4. The molecule has 148 valence electrons. The number of pyridine rings is 1. The van der Waals surface area contributed by atoms with Crippen LogP contribution in [0.25, 0.3) is 16.8 Å². The molecule has 1 N–H and O–H groups in total. The van der Waals surface area contributed by atoms with Crippen molar-refractivity contribution in [2.45, 2.75) is 52.6 Å². The number of hydrogen-bond acceptors (Lipinski definition) is 5. The maximum atomic E-state index is 4.82. The van der Waals surface area contributed by atoms with E-state index in [1.165, 1.54) is 22.4 Å². The SMILES string of the molecule is CCc1nnn2c1CCC(Nc1nc3c(-c4ccc(C)cc4C)cccn3n1)C2. The van der Waals surface area contributed by atoms with Gasteiger partial charge in [-0.25, -0.2) is 9.20 Å². The number of hydrogen-bond donors (Lipinski definition) is 1. The van der Waals surface area contributed by atoms with Crippen LogP contribution in [0.5, 0.6) is 0 Å². The Morgan fingerprint density at radius 3 is 2.90 bits per heavy atom. The van der Waals surface area contributed by atoms with Crippen molar-refractivity contribution >= 4 is 11.6 Å². The third kappa shape index (κ3) is 3.16. The lowest BCUT2D eigenvalue weighted by Gasteiger charge is -2.23. The van der Waals surface area contributed by atoms with Crippen LogP contribution in [0.2, 0.25) is 0 Å². The first-order chi connectivity index (χ1) is 14.1. The van der Waals surface area contributed by atoms with Gasteiger partial charge in [0.1, 0.15) is 0 Å². The largest absolute Gasteiger partial charge is 0.348 e. The highest BCUT2D eigenvalue weighted by molar-refractivity contribution is 5.80. The molecule has 4 heterocycles. The summed E-state index contributed by atoms with van der Waals surface area (Å²) in [7, 11) is 0. The van der Waals surface area contributed by atoms with Crippen molar-refractivity contribution in [3.05, 3.63) is 59.0 Å². The van der Waals surface area contributed by atoms with Gasteiger partial charge in [-0.15, -0.1) is 10.2 Å². The molecular weight excluding hydrogens is 362 g/mol. The number of benzene rings is 1. The number of aryl methyl sites for hydroxylation is 3. The first-order valence-electron chi connectivity index (χ1n) is 10.2. The molecule has 0 amide bonds. The minimum absolute atomic E-state index is 0.246. The molecule has 1 aliphatic heterocycles. The molecule has 1 aliphatic rings. The Bertz CT molecular complexity index is 1190. The average molecular weight is 387 g/mol. The van der Waals surface area contributed by atoms with E-state index in [-0.39, 0.29) is 6.04 Å². The molecule has 0 fully saturated rings. The topological polar surface area (TPSA) is 72.9 Å². The zero-order valence-corrected chi connectivity index (χ0v) is 17.1. The zero-order valence-electron chi connectivity index (χ0n) is 17.1. The number of nitrogens with zero attached hydrogens (tertiary/aromatic N) is 6. The van der Waals surface area contributed by atoms with Crippen LogP contribution in [0.15, 0.2) is 36.5 Å². The van der Waals surface area contributed by atoms with Gasteiger partial charge >= 0.3 is 0 Å². The fourth-order valence-corrected chi connectivity index (χ4v) is 4.27. The predicted molar refractivity (Wildman–Crippen MR) is 113 cm³/mol. The Labute approximate surface area is 169 Å². The molecule has 1 atom stereocenters. The van der Waals surface area contributed by atoms with Crippen LogP contribution < -0.4 is 5.32 Å². The van der Waals surface area contributed by atoms with Gasteiger partial charge in [0, 0.05) is 17.8 Å². The summed E-state index contributed by atoms with van der Waals surface area (Å²) in [6.45, 7) is 7.18. The molecule has 5 rings (SSSR count). The Balaban J connectivity index is 1.44. The molecule has 0 spiro atoms. The van der Waals surface area contributed by atoms with Gasteiger partial charge in [-0.05, 0) is 56.4 Å². The molecule has 4 aromatic rings. The minimum atomic E-state index is 0.246. The summed E-state index contributed by atoms with van der Waals surface area (Å²) in [6.07, 6.45) is 4.89. The molecule has 1 aromatic carbocycles. The molecule has 0 radical (unpaired) electrons. The zero-order chi connectivity index (χ0) is 20.0. The summed E-state index contributed by atoms with van der Waals surface area (Å²) in [5.74, 6) is 0.659. The highest BCUT2D eigenvalue weighted by Crippen LogP contribution is 2.28. The number of anilines is 1. The Morgan fingerprint density at radius 1 is 1.17 bits per heavy atom. The molecule has 0 saturated heterocycles. The number of fused-ring (bicyclic) bond motifs is 2. The standard InChI is InChI=1S/C22H25N7/c1-4-19-20-10-8-16(13-29(20)27-25-19)23-22-24-21-18(6-5-11-28(21)26-22)17-9-7-14(2)12-15(17)3/h5-7,9,11-12,16H,4,8,10,13H2,1-3H3,(H,23,26). The summed E-state index contributed by atoms with van der Waals surface area (Å²) in [5.41, 5.74) is 8.05. The van der Waals surface area contributed by atoms with E-state index >= 15 is 0 Å². The van der Waals surface area contributed by atoms with Crippen molar-refractivity contribution in [2.24, 2.45) is 0 Å². The quantitative estimate of drug-likeness (QED) is 0.579. The van der Waals surface area contributed by atoms with Crippen molar-refractivity contribution < 1.29 is 0 Å². The van der Waals surface area contributed by atoms with Crippen LogP contribution in [0.4, 0.5) is 5.95 Å². The highest BCUT2D eigenvalue weighted by Gasteiger charge is 2.23. The second kappa shape index (κ2) is 6.99. The van der Waals surface area contributed by atoms with Crippen molar-refractivity contribution in [1.29, 1.82) is 0 Å². The molecule has 7 nitrogen and oxygen atoms in total. The number of aromatic nitrogens is 6. The van der Waals surface area contributed by atoms with Gasteiger partial charge in [0.15, 0.2) is 5.65 Å². The fourth-order valence-electron chi connectivity index (χ4n) is 4.27. The summed E-state index contributed by atoms with van der Waals surface area (Å²) < 4.78 is 3.88. The average Bonchev–Trinajstić information content (AvgIpc) is 3.31. The van der Waals surface area contributed by atoms with Crippen LogP contribution in [0.1, 0.15) is 35.9 Å². The van der Waals surface area contributed by atoms with Crippen LogP contribution in [0.3, 0.4) is 0 Å². The van der Waals surface area contributed by atoms with Crippen molar-refractivity contribution in [2.75, 3.05) is 5.32 Å². The second-order valence-electron chi connectivity index (χ2n) is 7.84. The smallest absolute Gasteiger partial charge is 0.243 e. The van der Waals surface area contributed by atoms with Crippen molar-refractivity contribution in [1.82, 2.24) is 29.6 Å². The lowest BCUT2D eigenvalue weighted by Crippen LogP contribution is -2.32. The van der Waals surface area contributed by atoms with Gasteiger partial charge in [0.2, 0.25) is 5.95 Å². The maximum Gasteiger partial charge on any atom is 0.243 e. The van der Waals surface area contributed by atoms with Gasteiger partial charge in [-0.3, -0.25) is 0 Å². The van der Waals surface area contributed by atoms with Crippen LogP contribution >= 0.6 is 0 Å². The highest BCUT2D eigenvalue weighted by atomic mass is 15.4. The molecule has 29 heavy (non-hydrogen) atoms. The van der Waals surface area contributed by atoms with Gasteiger partial charge < -0.3 is 5.32 Å². The number of nitrogens with one attached hydrogen (secondary N) is 1. The Kier molecular flexibility index (Phi) is 4.30. The van der Waals surface area contributed by atoms with Crippen LogP contribution in [-0.4, -0.2) is 35.6 Å². The Morgan fingerprint density at radius 2 is 2.07 bits per heavy atom. The van der Waals surface area contributed by atoms with E-state index in [0.29, 0.717) is 5.95 Å². The summed E-state index contributed by atoms with van der Waals surface area (Å²) in [5, 5.41) is 16.8. The molecule has 0 aliphatic carbocycles. The van der Waals surface area contributed by atoms with Crippen LogP contribution in [-0.2, 0) is 19.4 Å². The van der Waals surface area contributed by atoms with E-state index in [9.17, 15) is 0 Å². The third-order valence-electron chi connectivity index (χ3n) is 5.74. The van der Waals surface area contributed by atoms with Crippen molar-refractivity contribution in [3.8, 4) is 11.1 Å². The second-order valence-corrected chi connectivity index (χ2v) is 7.84. The Hall–Kier alpha value is -3.22. The van der Waals surface area contributed by atoms with E-state index in [1.807, 2.05) is 21.5 Å². The van der Waals surface area contributed by atoms with Gasteiger partial charge in [-0.1, -0.05) is 35.9 Å². The molecule has 3 aromatic heterocycles. The monoisotopic (exact) mass is 387 g/mol. The van der Waals surface area contributed by atoms with Crippen LogP contribution in [0, 0.1) is 13.8 Å². The fraction of sp³-hybridized carbons (Fsp3) is 0.364. The van der Waals surface area contributed by atoms with E-state index < -0.39 is 0 Å². The van der Waals surface area contributed by atoms with Gasteiger partial charge in [-0.2, -0.15) is 4.98 Å². The van der Waals surface area contributed by atoms with E-state index in [1.54, 1.807) is 0 Å². The first-order valence-corrected chi connectivity index (χ1v) is 10.2. The van der Waals surface area contributed by atoms with E-state index in [4.69, 9.17) is 4.98 Å². The molecule has 1 unspecified atom stereocenters. The summed E-state index contributed by atoms with van der Waals surface area (Å²) >= 11 is 0. The van der Waals surface area contributed by atoms with E-state index in [2.05, 4.69) is 65.8 Å². The summed E-state index contributed by atoms with van der Waals surface area (Å²) in [6, 6.07) is 10.9. The normalized spacial score (nSPS) is 16.2. The molecule has 7 heteroatoms. The lowest BCUT2D eigenvalue weighted by molar-refractivity contribution is 0.437. The van der Waals surface area contributed by atoms with E-state index in [0.717, 1.165) is 42.7 Å². The molecule has 0 bridgehead atoms. The molecular formula is C22H25N7. The third-order valence-corrected chi connectivity index (χ3v) is 5.74. The predicted octanol–water partition coefficient (Wildman–Crippen LogP) is 3.59. The first kappa shape index (κ1) is 17.8.